The summed E-state index contributed by atoms with van der Waals surface area (Å²) in [5.74, 6) is 1.62. The highest BCUT2D eigenvalue weighted by Gasteiger charge is 2.51. The Morgan fingerprint density at radius 1 is 0.962 bits per heavy atom. The fraction of sp³-hybridized carbons (Fsp3) is 0.628. The van der Waals surface area contributed by atoms with Crippen LogP contribution in [0.3, 0.4) is 0 Å². The number of fused-ring (bicyclic) bond motifs is 3. The van der Waals surface area contributed by atoms with Crippen molar-refractivity contribution in [1.29, 1.82) is 0 Å². The molecule has 0 spiro atoms. The zero-order chi connectivity index (χ0) is 37.4. The van der Waals surface area contributed by atoms with Crippen LogP contribution in [0.25, 0.3) is 11.1 Å². The number of anilines is 1. The second-order valence-corrected chi connectivity index (χ2v) is 17.2. The average molecular weight is 726 g/mol. The van der Waals surface area contributed by atoms with Crippen LogP contribution in [0, 0.1) is 18.3 Å². The second-order valence-electron chi connectivity index (χ2n) is 17.2. The van der Waals surface area contributed by atoms with Crippen molar-refractivity contribution in [2.45, 2.75) is 134 Å². The molecule has 3 aromatic rings. The Kier molecular flexibility index (Phi) is 10.6. The topological polar surface area (TPSA) is 110 Å². The van der Waals surface area contributed by atoms with Crippen molar-refractivity contribution >= 4 is 17.8 Å². The van der Waals surface area contributed by atoms with Crippen LogP contribution in [0.4, 0.5) is 10.6 Å². The Hall–Kier alpha value is -3.92. The maximum Gasteiger partial charge on any atom is 0.410 e. The first-order chi connectivity index (χ1) is 25.4. The Balaban J connectivity index is 1.09. The number of benzene rings is 1. The standard InChI is InChI=1S/C43H59N5O5/c1-6-41(3,4)48-28-33(27-45-48)32-13-22-44-38(26-32)47(39(50)31-7-10-36(11-8-31)53-40(51)46-23-14-35(49)15-24-46)29-42-16-19-43(20-17-42,21-18-42)34-9-12-37(52-5)30(2)25-34/h9,12-13,22,25-28,31,35-36,49H,6-8,10-11,14-21,23-24,29H2,1-5H3. The number of likely N-dealkylation sites (tertiary alicyclic amines) is 1. The van der Waals surface area contributed by atoms with Crippen LogP contribution in [0.5, 0.6) is 5.75 Å². The molecular weight excluding hydrogens is 667 g/mol. The van der Waals surface area contributed by atoms with Gasteiger partial charge in [0.2, 0.25) is 5.91 Å². The third-order valence-electron chi connectivity index (χ3n) is 13.6. The van der Waals surface area contributed by atoms with Crippen LogP contribution in [0.2, 0.25) is 0 Å². The normalized spacial score (nSPS) is 26.3. The number of nitrogens with zero attached hydrogens (tertiary/aromatic N) is 5. The van der Waals surface area contributed by atoms with Gasteiger partial charge in [-0.15, -0.1) is 0 Å². The first-order valence-corrected chi connectivity index (χ1v) is 20.0. The Morgan fingerprint density at radius 2 is 1.66 bits per heavy atom. The molecule has 4 saturated carbocycles. The summed E-state index contributed by atoms with van der Waals surface area (Å²) < 4.78 is 13.5. The molecule has 3 heterocycles. The largest absolute Gasteiger partial charge is 0.496 e. The quantitative estimate of drug-likeness (QED) is 0.225. The number of hydrogen-bond acceptors (Lipinski definition) is 7. The van der Waals surface area contributed by atoms with Crippen molar-refractivity contribution in [3.63, 3.8) is 0 Å². The zero-order valence-corrected chi connectivity index (χ0v) is 32.5. The minimum absolute atomic E-state index is 0.0431. The number of aromatic nitrogens is 3. The summed E-state index contributed by atoms with van der Waals surface area (Å²) in [5.41, 5.74) is 4.76. The molecule has 53 heavy (non-hydrogen) atoms. The Bertz CT molecular complexity index is 1750. The van der Waals surface area contributed by atoms with E-state index < -0.39 is 0 Å². The molecule has 4 aliphatic carbocycles. The van der Waals surface area contributed by atoms with Gasteiger partial charge in [-0.05, 0) is 150 Å². The first-order valence-electron chi connectivity index (χ1n) is 20.0. The number of aryl methyl sites for hydroxylation is 1. The number of amides is 2. The number of rotatable bonds is 10. The van der Waals surface area contributed by atoms with Crippen LogP contribution in [-0.4, -0.2) is 75.7 Å². The number of ether oxygens (including phenoxy) is 2. The molecular formula is C43H59N5O5. The summed E-state index contributed by atoms with van der Waals surface area (Å²) in [6, 6.07) is 10.8. The molecule has 1 aromatic carbocycles. The Labute approximate surface area is 315 Å². The van der Waals surface area contributed by atoms with Gasteiger partial charge in [-0.2, -0.15) is 5.10 Å². The zero-order valence-electron chi connectivity index (χ0n) is 32.5. The fourth-order valence-electron chi connectivity index (χ4n) is 9.37. The van der Waals surface area contributed by atoms with Gasteiger partial charge in [-0.25, -0.2) is 9.78 Å². The van der Waals surface area contributed by atoms with Crippen molar-refractivity contribution in [2.75, 3.05) is 31.6 Å². The number of aliphatic hydroxyl groups excluding tert-OH is 1. The number of carbonyl (C=O) groups excluding carboxylic acids is 2. The average Bonchev–Trinajstić information content (AvgIpc) is 3.70. The molecule has 286 valence electrons. The summed E-state index contributed by atoms with van der Waals surface area (Å²) in [4.78, 5) is 36.3. The van der Waals surface area contributed by atoms with E-state index in [-0.39, 0.29) is 46.5 Å². The lowest BCUT2D eigenvalue weighted by Crippen LogP contribution is -2.52. The number of aliphatic hydroxyl groups is 1. The minimum atomic E-state index is -0.341. The van der Waals surface area contributed by atoms with E-state index in [1.54, 1.807) is 12.0 Å². The highest BCUT2D eigenvalue weighted by Crippen LogP contribution is 2.58. The number of pyridine rings is 1. The summed E-state index contributed by atoms with van der Waals surface area (Å²) in [6.07, 6.45) is 16.4. The lowest BCUT2D eigenvalue weighted by Gasteiger charge is -2.55. The van der Waals surface area contributed by atoms with Crippen LogP contribution in [0.15, 0.2) is 48.9 Å². The molecule has 0 unspecified atom stereocenters. The molecule has 0 atom stereocenters. The highest BCUT2D eigenvalue weighted by atomic mass is 16.6. The third kappa shape index (κ3) is 7.71. The third-order valence-corrected chi connectivity index (χ3v) is 13.6. The van der Waals surface area contributed by atoms with Gasteiger partial charge in [0, 0.05) is 43.5 Å². The molecule has 0 radical (unpaired) electrons. The van der Waals surface area contributed by atoms with E-state index in [9.17, 15) is 14.7 Å². The van der Waals surface area contributed by atoms with E-state index in [2.05, 4.69) is 58.2 Å². The molecule has 2 bridgehead atoms. The second kappa shape index (κ2) is 15.1. The molecule has 5 aliphatic rings. The van der Waals surface area contributed by atoms with Crippen LogP contribution in [0.1, 0.15) is 115 Å². The predicted octanol–water partition coefficient (Wildman–Crippen LogP) is 8.18. The summed E-state index contributed by atoms with van der Waals surface area (Å²) in [5, 5.41) is 14.6. The van der Waals surface area contributed by atoms with Crippen LogP contribution in [-0.2, 0) is 20.5 Å². The molecule has 8 rings (SSSR count). The summed E-state index contributed by atoms with van der Waals surface area (Å²) in [7, 11) is 1.73. The SMILES string of the molecule is CCC(C)(C)n1cc(-c2ccnc(N(CC34CCC(c5ccc(OC)c(C)c5)(CC3)CC4)C(=O)C3CCC(OC(=O)N4CCC(O)CC4)CC3)c2)cn1. The lowest BCUT2D eigenvalue weighted by atomic mass is 9.51. The van der Waals surface area contributed by atoms with Gasteiger partial charge in [0.25, 0.3) is 0 Å². The monoisotopic (exact) mass is 725 g/mol. The van der Waals surface area contributed by atoms with E-state index in [1.807, 2.05) is 28.0 Å². The Morgan fingerprint density at radius 3 is 2.30 bits per heavy atom. The van der Waals surface area contributed by atoms with Crippen molar-refractivity contribution in [1.82, 2.24) is 19.7 Å². The molecule has 1 N–H and O–H groups in total. The van der Waals surface area contributed by atoms with E-state index in [0.717, 1.165) is 61.8 Å². The van der Waals surface area contributed by atoms with Gasteiger partial charge < -0.3 is 19.5 Å². The molecule has 5 fully saturated rings. The number of methoxy groups -OCH3 is 1. The summed E-state index contributed by atoms with van der Waals surface area (Å²) in [6.45, 7) is 10.4. The molecule has 2 aromatic heterocycles. The number of piperidine rings is 1. The summed E-state index contributed by atoms with van der Waals surface area (Å²) >= 11 is 0. The van der Waals surface area contributed by atoms with Gasteiger partial charge in [-0.3, -0.25) is 14.4 Å². The highest BCUT2D eigenvalue weighted by molar-refractivity contribution is 5.95. The van der Waals surface area contributed by atoms with Crippen molar-refractivity contribution in [3.8, 4) is 16.9 Å². The van der Waals surface area contributed by atoms with E-state index >= 15 is 0 Å². The number of hydrogen-bond donors (Lipinski definition) is 1. The number of carbonyl (C=O) groups is 2. The van der Waals surface area contributed by atoms with Crippen molar-refractivity contribution in [3.05, 3.63) is 60.0 Å². The maximum absolute atomic E-state index is 14.8. The van der Waals surface area contributed by atoms with E-state index in [1.165, 1.54) is 11.1 Å². The first kappa shape index (κ1) is 37.4. The molecule has 10 nitrogen and oxygen atoms in total. The molecule has 1 saturated heterocycles. The van der Waals surface area contributed by atoms with Crippen LogP contribution >= 0.6 is 0 Å². The molecule has 1 aliphatic heterocycles. The van der Waals surface area contributed by atoms with Crippen molar-refractivity contribution < 1.29 is 24.2 Å². The molecule has 10 heteroatoms. The van der Waals surface area contributed by atoms with E-state index in [0.29, 0.717) is 64.0 Å². The maximum atomic E-state index is 14.8. The lowest BCUT2D eigenvalue weighted by molar-refractivity contribution is -0.124. The predicted molar refractivity (Wildman–Crippen MR) is 206 cm³/mol. The van der Waals surface area contributed by atoms with Gasteiger partial charge in [0.05, 0.1) is 24.9 Å². The van der Waals surface area contributed by atoms with E-state index in [4.69, 9.17) is 19.6 Å². The molecule has 2 amide bonds. The van der Waals surface area contributed by atoms with Crippen LogP contribution < -0.4 is 9.64 Å². The van der Waals surface area contributed by atoms with Gasteiger partial charge in [0.15, 0.2) is 0 Å². The minimum Gasteiger partial charge on any atom is -0.496 e. The fourth-order valence-corrected chi connectivity index (χ4v) is 9.37. The van der Waals surface area contributed by atoms with Gasteiger partial charge in [0.1, 0.15) is 17.7 Å². The smallest absolute Gasteiger partial charge is 0.410 e. The van der Waals surface area contributed by atoms with Gasteiger partial charge >= 0.3 is 6.09 Å². The van der Waals surface area contributed by atoms with Gasteiger partial charge in [-0.1, -0.05) is 19.1 Å². The van der Waals surface area contributed by atoms with Crippen molar-refractivity contribution in [2.24, 2.45) is 11.3 Å².